The van der Waals surface area contributed by atoms with Crippen LogP contribution >= 0.6 is 11.6 Å². The molecule has 0 aliphatic carbocycles. The van der Waals surface area contributed by atoms with Gasteiger partial charge in [-0.15, -0.1) is 0 Å². The average Bonchev–Trinajstić information content (AvgIpc) is 2.62. The summed E-state index contributed by atoms with van der Waals surface area (Å²) in [5.74, 6) is 0.416. The Morgan fingerprint density at radius 3 is 2.41 bits per heavy atom. The highest BCUT2D eigenvalue weighted by Gasteiger charge is 2.12. The lowest BCUT2D eigenvalue weighted by Gasteiger charge is -2.08. The van der Waals surface area contributed by atoms with E-state index in [1.54, 1.807) is 30.3 Å². The van der Waals surface area contributed by atoms with Gasteiger partial charge < -0.3 is 14.2 Å². The molecule has 0 atom stereocenters. The highest BCUT2D eigenvalue weighted by atomic mass is 35.5. The van der Waals surface area contributed by atoms with E-state index in [0.29, 0.717) is 27.6 Å². The standard InChI is InChI=1S/C19H19ClO6S/c1-13(21)26-18-7-4-14(10-19(18)25-3)8-9-27(22,23)12-15-5-6-16(24-2)11-17(15)20/h4-11H,12H2,1-3H3. The molecule has 0 aliphatic heterocycles. The van der Waals surface area contributed by atoms with Gasteiger partial charge in [0.2, 0.25) is 0 Å². The summed E-state index contributed by atoms with van der Waals surface area (Å²) in [6, 6.07) is 9.56. The minimum Gasteiger partial charge on any atom is -0.497 e. The molecule has 0 heterocycles. The SMILES string of the molecule is COc1ccc(CS(=O)(=O)C=Cc2ccc(OC(C)=O)c(OC)c2)c(Cl)c1. The van der Waals surface area contributed by atoms with Gasteiger partial charge in [0, 0.05) is 17.4 Å². The molecule has 0 radical (unpaired) electrons. The zero-order valence-electron chi connectivity index (χ0n) is 15.1. The summed E-state index contributed by atoms with van der Waals surface area (Å²) in [5, 5.41) is 1.42. The lowest BCUT2D eigenvalue weighted by molar-refractivity contribution is -0.132. The molecule has 0 N–H and O–H groups in total. The smallest absolute Gasteiger partial charge is 0.308 e. The monoisotopic (exact) mass is 410 g/mol. The van der Waals surface area contributed by atoms with Crippen molar-refractivity contribution in [1.29, 1.82) is 0 Å². The third-order valence-electron chi connectivity index (χ3n) is 3.53. The molecule has 0 aliphatic rings. The fraction of sp³-hybridized carbons (Fsp3) is 0.211. The summed E-state index contributed by atoms with van der Waals surface area (Å²) in [5.41, 5.74) is 1.05. The predicted molar refractivity (Wildman–Crippen MR) is 104 cm³/mol. The maximum Gasteiger partial charge on any atom is 0.308 e. The van der Waals surface area contributed by atoms with Gasteiger partial charge in [-0.1, -0.05) is 23.7 Å². The highest BCUT2D eigenvalue weighted by Crippen LogP contribution is 2.29. The summed E-state index contributed by atoms with van der Waals surface area (Å²) in [6.45, 7) is 1.28. The molecule has 0 saturated carbocycles. The molecule has 2 aromatic rings. The van der Waals surface area contributed by atoms with Gasteiger partial charge in [0.15, 0.2) is 21.3 Å². The highest BCUT2D eigenvalue weighted by molar-refractivity contribution is 7.93. The molecule has 6 nitrogen and oxygen atoms in total. The van der Waals surface area contributed by atoms with Gasteiger partial charge in [-0.3, -0.25) is 4.79 Å². The van der Waals surface area contributed by atoms with Crippen LogP contribution in [0.2, 0.25) is 5.02 Å². The van der Waals surface area contributed by atoms with Crippen LogP contribution in [0, 0.1) is 0 Å². The molecule has 2 rings (SSSR count). The maximum absolute atomic E-state index is 12.4. The van der Waals surface area contributed by atoms with Crippen molar-refractivity contribution < 1.29 is 27.4 Å². The second kappa shape index (κ2) is 8.92. The van der Waals surface area contributed by atoms with Crippen LogP contribution in [0.4, 0.5) is 0 Å². The summed E-state index contributed by atoms with van der Waals surface area (Å²) in [4.78, 5) is 11.1. The number of sulfone groups is 1. The van der Waals surface area contributed by atoms with Crippen molar-refractivity contribution in [2.75, 3.05) is 14.2 Å². The van der Waals surface area contributed by atoms with Crippen LogP contribution in [0.5, 0.6) is 17.2 Å². The normalized spacial score (nSPS) is 11.4. The van der Waals surface area contributed by atoms with Crippen molar-refractivity contribution in [1.82, 2.24) is 0 Å². The zero-order chi connectivity index (χ0) is 20.0. The van der Waals surface area contributed by atoms with E-state index >= 15 is 0 Å². The molecule has 0 fully saturated rings. The Balaban J connectivity index is 2.19. The second-order valence-corrected chi connectivity index (χ2v) is 7.86. The van der Waals surface area contributed by atoms with E-state index in [0.717, 1.165) is 5.41 Å². The molecule has 0 saturated heterocycles. The van der Waals surface area contributed by atoms with Crippen molar-refractivity contribution >= 4 is 33.5 Å². The largest absolute Gasteiger partial charge is 0.497 e. The first kappa shape index (κ1) is 20.8. The third kappa shape index (κ3) is 6.01. The van der Waals surface area contributed by atoms with Crippen LogP contribution in [0.3, 0.4) is 0 Å². The number of carbonyl (C=O) groups excluding carboxylic acids is 1. The minimum atomic E-state index is -3.56. The third-order valence-corrected chi connectivity index (χ3v) is 5.14. The molecule has 0 spiro atoms. The predicted octanol–water partition coefficient (Wildman–Crippen LogP) is 3.87. The van der Waals surface area contributed by atoms with E-state index in [4.69, 9.17) is 25.8 Å². The van der Waals surface area contributed by atoms with Crippen LogP contribution in [0.15, 0.2) is 41.8 Å². The number of rotatable bonds is 7. The number of halogens is 1. The average molecular weight is 411 g/mol. The topological polar surface area (TPSA) is 78.9 Å². The molecule has 144 valence electrons. The van der Waals surface area contributed by atoms with Gasteiger partial charge in [-0.05, 0) is 41.5 Å². The number of esters is 1. The lowest BCUT2D eigenvalue weighted by atomic mass is 10.2. The van der Waals surface area contributed by atoms with E-state index in [1.165, 1.54) is 33.3 Å². The number of ether oxygens (including phenoxy) is 3. The van der Waals surface area contributed by atoms with Crippen LogP contribution in [0.1, 0.15) is 18.1 Å². The molecule has 27 heavy (non-hydrogen) atoms. The van der Waals surface area contributed by atoms with Gasteiger partial charge in [0.25, 0.3) is 0 Å². The maximum atomic E-state index is 12.4. The van der Waals surface area contributed by atoms with Crippen LogP contribution < -0.4 is 14.2 Å². The van der Waals surface area contributed by atoms with Crippen molar-refractivity contribution in [2.24, 2.45) is 0 Å². The molecule has 0 aromatic heterocycles. The van der Waals surface area contributed by atoms with Crippen LogP contribution in [-0.2, 0) is 20.4 Å². The van der Waals surface area contributed by atoms with Crippen molar-refractivity contribution in [3.8, 4) is 17.2 Å². The second-order valence-electron chi connectivity index (χ2n) is 5.57. The summed E-state index contributed by atoms with van der Waals surface area (Å²) < 4.78 is 40.0. The number of benzene rings is 2. The summed E-state index contributed by atoms with van der Waals surface area (Å²) in [7, 11) is -0.621. The Morgan fingerprint density at radius 2 is 1.81 bits per heavy atom. The molecule has 0 amide bonds. The number of hydrogen-bond donors (Lipinski definition) is 0. The van der Waals surface area contributed by atoms with Crippen LogP contribution in [-0.4, -0.2) is 28.6 Å². The van der Waals surface area contributed by atoms with E-state index in [2.05, 4.69) is 0 Å². The fourth-order valence-corrected chi connectivity index (χ4v) is 3.71. The molecular weight excluding hydrogens is 392 g/mol. The van der Waals surface area contributed by atoms with Crippen molar-refractivity contribution in [3.63, 3.8) is 0 Å². The first-order valence-electron chi connectivity index (χ1n) is 7.84. The Kier molecular flexibility index (Phi) is 6.87. The molecular formula is C19H19ClO6S. The first-order valence-corrected chi connectivity index (χ1v) is 9.93. The summed E-state index contributed by atoms with van der Waals surface area (Å²) >= 11 is 6.10. The lowest BCUT2D eigenvalue weighted by Crippen LogP contribution is -2.03. The Labute approximate surface area is 163 Å². The fourth-order valence-electron chi connectivity index (χ4n) is 2.25. The molecule has 0 bridgehead atoms. The van der Waals surface area contributed by atoms with Gasteiger partial charge in [-0.2, -0.15) is 0 Å². The van der Waals surface area contributed by atoms with Crippen molar-refractivity contribution in [2.45, 2.75) is 12.7 Å². The Morgan fingerprint density at radius 1 is 1.07 bits per heavy atom. The zero-order valence-corrected chi connectivity index (χ0v) is 16.6. The quantitative estimate of drug-likeness (QED) is 0.509. The minimum absolute atomic E-state index is 0.241. The van der Waals surface area contributed by atoms with Gasteiger partial charge in [0.05, 0.1) is 20.0 Å². The van der Waals surface area contributed by atoms with Crippen molar-refractivity contribution in [3.05, 3.63) is 58.0 Å². The number of carbonyl (C=O) groups is 1. The first-order chi connectivity index (χ1) is 12.7. The summed E-state index contributed by atoms with van der Waals surface area (Å²) in [6.07, 6.45) is 1.44. The van der Waals surface area contributed by atoms with Gasteiger partial charge >= 0.3 is 5.97 Å². The van der Waals surface area contributed by atoms with Crippen LogP contribution in [0.25, 0.3) is 6.08 Å². The van der Waals surface area contributed by atoms with E-state index in [9.17, 15) is 13.2 Å². The van der Waals surface area contributed by atoms with Gasteiger partial charge in [0.1, 0.15) is 5.75 Å². The number of methoxy groups -OCH3 is 2. The van der Waals surface area contributed by atoms with E-state index in [-0.39, 0.29) is 11.5 Å². The molecule has 0 unspecified atom stereocenters. The Bertz CT molecular complexity index is 966. The Hall–Kier alpha value is -2.51. The number of hydrogen-bond acceptors (Lipinski definition) is 6. The van der Waals surface area contributed by atoms with E-state index in [1.807, 2.05) is 0 Å². The van der Waals surface area contributed by atoms with Gasteiger partial charge in [-0.25, -0.2) is 8.42 Å². The van der Waals surface area contributed by atoms with E-state index < -0.39 is 15.8 Å². The molecule has 2 aromatic carbocycles. The molecule has 8 heteroatoms.